The van der Waals surface area contributed by atoms with Gasteiger partial charge in [-0.2, -0.15) is 0 Å². The molecule has 3 nitrogen and oxygen atoms in total. The molecule has 0 aromatic heterocycles. The van der Waals surface area contributed by atoms with Gasteiger partial charge in [-0.25, -0.2) is 4.39 Å². The molecule has 1 aliphatic heterocycles. The number of hydrogen-bond acceptors (Lipinski definition) is 3. The zero-order chi connectivity index (χ0) is 15.4. The summed E-state index contributed by atoms with van der Waals surface area (Å²) in [6.07, 6.45) is 1.78. The molecule has 1 aromatic carbocycles. The molecule has 21 heavy (non-hydrogen) atoms. The molecule has 2 atom stereocenters. The summed E-state index contributed by atoms with van der Waals surface area (Å²) in [5.74, 6) is -0.223. The zero-order valence-corrected chi connectivity index (χ0v) is 13.8. The van der Waals surface area contributed by atoms with Crippen molar-refractivity contribution >= 4 is 11.6 Å². The highest BCUT2D eigenvalue weighted by Crippen LogP contribution is 2.21. The molecule has 0 saturated carbocycles. The topological polar surface area (TPSA) is 18.5 Å². The average molecular weight is 314 g/mol. The lowest BCUT2D eigenvalue weighted by molar-refractivity contribution is 0.102. The van der Waals surface area contributed by atoms with Gasteiger partial charge in [0.15, 0.2) is 0 Å². The monoisotopic (exact) mass is 313 g/mol. The second kappa shape index (κ2) is 7.54. The fourth-order valence-corrected chi connectivity index (χ4v) is 3.15. The van der Waals surface area contributed by atoms with Crippen LogP contribution in [-0.4, -0.2) is 62.7 Å². The third kappa shape index (κ3) is 4.65. The van der Waals surface area contributed by atoms with Crippen molar-refractivity contribution in [2.45, 2.75) is 24.9 Å². The van der Waals surface area contributed by atoms with Crippen LogP contribution in [0.4, 0.5) is 4.39 Å². The van der Waals surface area contributed by atoms with Crippen LogP contribution in [0.2, 0.25) is 5.02 Å². The number of piperazine rings is 1. The summed E-state index contributed by atoms with van der Waals surface area (Å²) in [5.41, 5.74) is 0.878. The van der Waals surface area contributed by atoms with Gasteiger partial charge in [0.2, 0.25) is 0 Å². The van der Waals surface area contributed by atoms with Crippen LogP contribution in [0, 0.1) is 5.82 Å². The maximum atomic E-state index is 13.4. The number of likely N-dealkylation sites (N-methyl/N-ethyl adjacent to an activating group) is 3. The van der Waals surface area contributed by atoms with Crippen molar-refractivity contribution in [3.05, 3.63) is 34.6 Å². The van der Waals surface area contributed by atoms with Crippen molar-refractivity contribution in [2.24, 2.45) is 0 Å². The number of nitrogens with zero attached hydrogens (tertiary/aromatic N) is 2. The molecule has 1 saturated heterocycles. The molecular weight excluding hydrogens is 289 g/mol. The van der Waals surface area contributed by atoms with Gasteiger partial charge in [0.25, 0.3) is 0 Å². The second-order valence-corrected chi connectivity index (χ2v) is 6.47. The second-order valence-electron chi connectivity index (χ2n) is 6.06. The Morgan fingerprint density at radius 3 is 2.86 bits per heavy atom. The van der Waals surface area contributed by atoms with E-state index in [-0.39, 0.29) is 5.82 Å². The first-order valence-corrected chi connectivity index (χ1v) is 7.87. The molecule has 118 valence electrons. The lowest BCUT2D eigenvalue weighted by Crippen LogP contribution is -2.52. The van der Waals surface area contributed by atoms with Gasteiger partial charge in [0.1, 0.15) is 5.82 Å². The molecule has 1 aliphatic rings. The Hall–Kier alpha value is -0.680. The molecule has 1 fully saturated rings. The van der Waals surface area contributed by atoms with Gasteiger partial charge < -0.3 is 15.1 Å². The molecule has 2 rings (SSSR count). The molecule has 0 spiro atoms. The minimum absolute atomic E-state index is 0.223. The molecule has 0 bridgehead atoms. The summed E-state index contributed by atoms with van der Waals surface area (Å²) >= 11 is 6.18. The third-order valence-corrected chi connectivity index (χ3v) is 4.79. The van der Waals surface area contributed by atoms with Gasteiger partial charge in [0.05, 0.1) is 0 Å². The molecule has 0 aliphatic carbocycles. The van der Waals surface area contributed by atoms with E-state index in [1.54, 1.807) is 12.1 Å². The minimum atomic E-state index is -0.223. The van der Waals surface area contributed by atoms with Crippen LogP contribution >= 0.6 is 11.6 Å². The number of rotatable bonds is 5. The van der Waals surface area contributed by atoms with Crippen LogP contribution in [0.25, 0.3) is 0 Å². The van der Waals surface area contributed by atoms with E-state index in [9.17, 15) is 4.39 Å². The van der Waals surface area contributed by atoms with E-state index in [0.29, 0.717) is 17.1 Å². The molecule has 1 N–H and O–H groups in total. The number of hydrogen-bond donors (Lipinski definition) is 1. The average Bonchev–Trinajstić information content (AvgIpc) is 2.45. The molecule has 0 radical (unpaired) electrons. The Labute approximate surface area is 132 Å². The Morgan fingerprint density at radius 1 is 1.38 bits per heavy atom. The lowest BCUT2D eigenvalue weighted by atomic mass is 9.97. The van der Waals surface area contributed by atoms with Crippen molar-refractivity contribution < 1.29 is 4.39 Å². The van der Waals surface area contributed by atoms with E-state index in [1.165, 1.54) is 6.07 Å². The van der Waals surface area contributed by atoms with E-state index in [0.717, 1.165) is 38.0 Å². The van der Waals surface area contributed by atoms with Gasteiger partial charge in [-0.3, -0.25) is 0 Å². The Kier molecular flexibility index (Phi) is 5.99. The van der Waals surface area contributed by atoms with Crippen molar-refractivity contribution in [3.63, 3.8) is 0 Å². The molecule has 2 unspecified atom stereocenters. The molecule has 5 heteroatoms. The van der Waals surface area contributed by atoms with Gasteiger partial charge in [0, 0.05) is 36.7 Å². The van der Waals surface area contributed by atoms with Crippen LogP contribution < -0.4 is 5.32 Å². The first-order chi connectivity index (χ1) is 9.99. The minimum Gasteiger partial charge on any atom is -0.317 e. The van der Waals surface area contributed by atoms with Crippen LogP contribution in [0.15, 0.2) is 18.2 Å². The van der Waals surface area contributed by atoms with Crippen molar-refractivity contribution in [2.75, 3.05) is 40.8 Å². The normalized spacial score (nSPS) is 22.4. The Bertz CT molecular complexity index is 469. The summed E-state index contributed by atoms with van der Waals surface area (Å²) in [4.78, 5) is 4.78. The smallest absolute Gasteiger partial charge is 0.123 e. The zero-order valence-electron chi connectivity index (χ0n) is 13.1. The van der Waals surface area contributed by atoms with E-state index in [4.69, 9.17) is 11.6 Å². The van der Waals surface area contributed by atoms with Crippen LogP contribution in [-0.2, 0) is 6.42 Å². The molecular formula is C16H25ClFN3. The Balaban J connectivity index is 2.01. The largest absolute Gasteiger partial charge is 0.317 e. The summed E-state index contributed by atoms with van der Waals surface area (Å²) < 4.78 is 13.4. The fraction of sp³-hybridized carbons (Fsp3) is 0.625. The van der Waals surface area contributed by atoms with Crippen molar-refractivity contribution in [3.8, 4) is 0 Å². The quantitative estimate of drug-likeness (QED) is 0.899. The maximum absolute atomic E-state index is 13.4. The first kappa shape index (κ1) is 16.7. The standard InChI is InChI=1S/C16H25ClFN3/c1-19-14(9-12-8-13(18)4-5-16(12)17)10-15-11-20(2)6-7-21(15)3/h4-5,8,14-15,19H,6-7,9-11H2,1-3H3. The van der Waals surface area contributed by atoms with Gasteiger partial charge >= 0.3 is 0 Å². The molecule has 0 amide bonds. The predicted octanol–water partition coefficient (Wildman–Crippen LogP) is 2.25. The van der Waals surface area contributed by atoms with Gasteiger partial charge in [-0.1, -0.05) is 11.6 Å². The molecule has 1 heterocycles. The summed E-state index contributed by atoms with van der Waals surface area (Å²) in [5, 5.41) is 4.00. The van der Waals surface area contributed by atoms with Crippen LogP contribution in [0.5, 0.6) is 0 Å². The summed E-state index contributed by atoms with van der Waals surface area (Å²) in [7, 11) is 6.31. The maximum Gasteiger partial charge on any atom is 0.123 e. The van der Waals surface area contributed by atoms with Gasteiger partial charge in [-0.15, -0.1) is 0 Å². The van der Waals surface area contributed by atoms with Crippen molar-refractivity contribution in [1.82, 2.24) is 15.1 Å². The van der Waals surface area contributed by atoms with Gasteiger partial charge in [-0.05, 0) is 57.7 Å². The molecule has 1 aromatic rings. The highest BCUT2D eigenvalue weighted by Gasteiger charge is 2.25. The lowest BCUT2D eigenvalue weighted by Gasteiger charge is -2.39. The van der Waals surface area contributed by atoms with E-state index in [2.05, 4.69) is 29.2 Å². The first-order valence-electron chi connectivity index (χ1n) is 7.49. The SMILES string of the molecule is CNC(Cc1cc(F)ccc1Cl)CC1CN(C)CCN1C. The van der Waals surface area contributed by atoms with E-state index < -0.39 is 0 Å². The van der Waals surface area contributed by atoms with Crippen molar-refractivity contribution in [1.29, 1.82) is 0 Å². The number of halogens is 2. The fourth-order valence-electron chi connectivity index (χ4n) is 2.95. The number of nitrogens with one attached hydrogen (secondary N) is 1. The predicted molar refractivity (Wildman–Crippen MR) is 86.5 cm³/mol. The van der Waals surface area contributed by atoms with E-state index >= 15 is 0 Å². The summed E-state index contributed by atoms with van der Waals surface area (Å²) in [6.45, 7) is 3.29. The third-order valence-electron chi connectivity index (χ3n) is 4.42. The Morgan fingerprint density at radius 2 is 2.14 bits per heavy atom. The highest BCUT2D eigenvalue weighted by atomic mass is 35.5. The highest BCUT2D eigenvalue weighted by molar-refractivity contribution is 6.31. The van der Waals surface area contributed by atoms with Crippen LogP contribution in [0.1, 0.15) is 12.0 Å². The van der Waals surface area contributed by atoms with Crippen LogP contribution in [0.3, 0.4) is 0 Å². The summed E-state index contributed by atoms with van der Waals surface area (Å²) in [6, 6.07) is 5.41. The number of benzene rings is 1. The van der Waals surface area contributed by atoms with E-state index in [1.807, 2.05) is 7.05 Å².